The Morgan fingerprint density at radius 3 is 2.45 bits per heavy atom. The molecule has 1 N–H and O–H groups in total. The SMILES string of the molecule is Cc1ccc(NC2=C(c3ccc([N+](=O)[O-])cc3)C(=O)N(Cc3ccco3)C2=O)cc1Cl. The van der Waals surface area contributed by atoms with Gasteiger partial charge < -0.3 is 9.73 Å². The molecule has 3 aromatic rings. The summed E-state index contributed by atoms with van der Waals surface area (Å²) in [5.41, 5.74) is 1.84. The second-order valence-corrected chi connectivity index (χ2v) is 7.33. The average molecular weight is 438 g/mol. The molecule has 2 amide bonds. The number of imide groups is 1. The Kier molecular flexibility index (Phi) is 5.31. The van der Waals surface area contributed by atoms with Crippen LogP contribution in [0.1, 0.15) is 16.9 Å². The zero-order valence-corrected chi connectivity index (χ0v) is 17.1. The van der Waals surface area contributed by atoms with Gasteiger partial charge in [0.25, 0.3) is 17.5 Å². The lowest BCUT2D eigenvalue weighted by Gasteiger charge is -2.14. The Balaban J connectivity index is 1.76. The van der Waals surface area contributed by atoms with Crippen LogP contribution < -0.4 is 5.32 Å². The number of benzene rings is 2. The Morgan fingerprint density at radius 2 is 1.84 bits per heavy atom. The van der Waals surface area contributed by atoms with E-state index in [0.717, 1.165) is 10.5 Å². The Morgan fingerprint density at radius 1 is 1.10 bits per heavy atom. The van der Waals surface area contributed by atoms with Crippen molar-refractivity contribution in [2.24, 2.45) is 0 Å². The molecule has 0 saturated heterocycles. The van der Waals surface area contributed by atoms with Crippen LogP contribution >= 0.6 is 11.6 Å². The number of furan rings is 1. The largest absolute Gasteiger partial charge is 0.467 e. The summed E-state index contributed by atoms with van der Waals surface area (Å²) >= 11 is 6.19. The average Bonchev–Trinajstić information content (AvgIpc) is 3.34. The van der Waals surface area contributed by atoms with E-state index in [1.54, 1.807) is 30.3 Å². The van der Waals surface area contributed by atoms with Crippen LogP contribution in [-0.2, 0) is 16.1 Å². The summed E-state index contributed by atoms with van der Waals surface area (Å²) in [7, 11) is 0. The third-order valence-corrected chi connectivity index (χ3v) is 5.28. The number of nitro groups is 1. The third-order valence-electron chi connectivity index (χ3n) is 4.87. The number of nitrogens with zero attached hydrogens (tertiary/aromatic N) is 2. The fraction of sp³-hybridized carbons (Fsp3) is 0.0909. The van der Waals surface area contributed by atoms with Crippen LogP contribution in [0.5, 0.6) is 0 Å². The maximum atomic E-state index is 13.2. The first-order valence-corrected chi connectivity index (χ1v) is 9.64. The van der Waals surface area contributed by atoms with Gasteiger partial charge in [0.15, 0.2) is 0 Å². The van der Waals surface area contributed by atoms with Gasteiger partial charge in [-0.25, -0.2) is 0 Å². The van der Waals surface area contributed by atoms with E-state index in [0.29, 0.717) is 22.0 Å². The molecule has 0 unspecified atom stereocenters. The molecule has 0 bridgehead atoms. The van der Waals surface area contributed by atoms with E-state index in [1.807, 2.05) is 6.92 Å². The smallest absolute Gasteiger partial charge is 0.278 e. The molecular weight excluding hydrogens is 422 g/mol. The minimum Gasteiger partial charge on any atom is -0.467 e. The minimum atomic E-state index is -0.536. The standard InChI is InChI=1S/C22H16ClN3O5/c1-13-4-7-15(11-18(13)23)24-20-19(14-5-8-16(9-6-14)26(29)30)21(27)25(22(20)28)12-17-3-2-10-31-17/h2-11,24H,12H2,1H3. The van der Waals surface area contributed by atoms with Gasteiger partial charge in [-0.3, -0.25) is 24.6 Å². The van der Waals surface area contributed by atoms with Gasteiger partial charge in [0.1, 0.15) is 11.5 Å². The molecular formula is C22H16ClN3O5. The molecule has 0 radical (unpaired) electrons. The van der Waals surface area contributed by atoms with Crippen molar-refractivity contribution in [2.75, 3.05) is 5.32 Å². The molecule has 31 heavy (non-hydrogen) atoms. The van der Waals surface area contributed by atoms with Crippen LogP contribution in [0, 0.1) is 17.0 Å². The Hall–Kier alpha value is -3.91. The summed E-state index contributed by atoms with van der Waals surface area (Å²) in [5.74, 6) is -0.619. The molecule has 2 aromatic carbocycles. The summed E-state index contributed by atoms with van der Waals surface area (Å²) in [6, 6.07) is 14.0. The van der Waals surface area contributed by atoms with E-state index in [-0.39, 0.29) is 23.5 Å². The Labute approximate surface area is 181 Å². The molecule has 0 atom stereocenters. The molecule has 0 fully saturated rings. The summed E-state index contributed by atoms with van der Waals surface area (Å²) in [6.45, 7) is 1.81. The number of nitrogens with one attached hydrogen (secondary N) is 1. The summed E-state index contributed by atoms with van der Waals surface area (Å²) in [5, 5.41) is 14.5. The topological polar surface area (TPSA) is 106 Å². The first-order valence-electron chi connectivity index (χ1n) is 9.26. The van der Waals surface area contributed by atoms with Crippen LogP contribution in [0.2, 0.25) is 5.02 Å². The number of nitro benzene ring substituents is 1. The molecule has 4 rings (SSSR count). The van der Waals surface area contributed by atoms with Crippen molar-refractivity contribution in [3.8, 4) is 0 Å². The maximum absolute atomic E-state index is 13.2. The van der Waals surface area contributed by atoms with Gasteiger partial charge in [-0.05, 0) is 54.4 Å². The van der Waals surface area contributed by atoms with E-state index in [2.05, 4.69) is 5.32 Å². The van der Waals surface area contributed by atoms with Gasteiger partial charge in [0.05, 0.1) is 23.3 Å². The van der Waals surface area contributed by atoms with E-state index in [4.69, 9.17) is 16.0 Å². The van der Waals surface area contributed by atoms with Gasteiger partial charge in [-0.1, -0.05) is 17.7 Å². The molecule has 1 aliphatic rings. The van der Waals surface area contributed by atoms with Gasteiger partial charge >= 0.3 is 0 Å². The zero-order chi connectivity index (χ0) is 22.1. The zero-order valence-electron chi connectivity index (χ0n) is 16.3. The number of carbonyl (C=O) groups is 2. The number of amides is 2. The number of anilines is 1. The van der Waals surface area contributed by atoms with Crippen LogP contribution in [0.25, 0.3) is 5.57 Å². The third kappa shape index (κ3) is 3.93. The number of halogens is 1. The number of hydrogen-bond donors (Lipinski definition) is 1. The van der Waals surface area contributed by atoms with E-state index in [9.17, 15) is 19.7 Å². The maximum Gasteiger partial charge on any atom is 0.278 e. The quantitative estimate of drug-likeness (QED) is 0.344. The lowest BCUT2D eigenvalue weighted by atomic mass is 10.0. The highest BCUT2D eigenvalue weighted by atomic mass is 35.5. The fourth-order valence-corrected chi connectivity index (χ4v) is 3.41. The van der Waals surface area contributed by atoms with Crippen molar-refractivity contribution in [1.29, 1.82) is 0 Å². The second kappa shape index (κ2) is 8.08. The number of rotatable bonds is 6. The normalized spacial score (nSPS) is 13.8. The van der Waals surface area contributed by atoms with Gasteiger partial charge in [0.2, 0.25) is 0 Å². The van der Waals surface area contributed by atoms with Gasteiger partial charge in [-0.15, -0.1) is 0 Å². The molecule has 8 nitrogen and oxygen atoms in total. The number of aryl methyl sites for hydroxylation is 1. The Bertz CT molecular complexity index is 1220. The highest BCUT2D eigenvalue weighted by molar-refractivity contribution is 6.36. The monoisotopic (exact) mass is 437 g/mol. The molecule has 2 heterocycles. The van der Waals surface area contributed by atoms with Crippen LogP contribution in [0.3, 0.4) is 0 Å². The van der Waals surface area contributed by atoms with Crippen molar-refractivity contribution in [2.45, 2.75) is 13.5 Å². The van der Waals surface area contributed by atoms with Crippen molar-refractivity contribution in [3.63, 3.8) is 0 Å². The molecule has 9 heteroatoms. The highest BCUT2D eigenvalue weighted by Gasteiger charge is 2.39. The minimum absolute atomic E-state index is 0.0407. The molecule has 0 aliphatic carbocycles. The van der Waals surface area contributed by atoms with Crippen molar-refractivity contribution >= 4 is 40.4 Å². The first-order chi connectivity index (χ1) is 14.8. The lowest BCUT2D eigenvalue weighted by Crippen LogP contribution is -2.31. The predicted octanol–water partition coefficient (Wildman–Crippen LogP) is 4.54. The van der Waals surface area contributed by atoms with Crippen molar-refractivity contribution < 1.29 is 18.9 Å². The van der Waals surface area contributed by atoms with Gasteiger partial charge in [-0.2, -0.15) is 0 Å². The summed E-state index contributed by atoms with van der Waals surface area (Å²) in [4.78, 5) is 37.9. The lowest BCUT2D eigenvalue weighted by molar-refractivity contribution is -0.384. The molecule has 1 aromatic heterocycles. The van der Waals surface area contributed by atoms with Crippen molar-refractivity contribution in [1.82, 2.24) is 4.90 Å². The molecule has 1 aliphatic heterocycles. The molecule has 0 saturated carbocycles. The fourth-order valence-electron chi connectivity index (χ4n) is 3.23. The number of carbonyl (C=O) groups excluding carboxylic acids is 2. The molecule has 0 spiro atoms. The van der Waals surface area contributed by atoms with Crippen molar-refractivity contribution in [3.05, 3.63) is 98.6 Å². The number of non-ortho nitro benzene ring substituents is 1. The summed E-state index contributed by atoms with van der Waals surface area (Å²) < 4.78 is 5.28. The second-order valence-electron chi connectivity index (χ2n) is 6.92. The van der Waals surface area contributed by atoms with Crippen LogP contribution in [0.4, 0.5) is 11.4 Å². The van der Waals surface area contributed by atoms with E-state index < -0.39 is 16.7 Å². The van der Waals surface area contributed by atoms with Gasteiger partial charge in [0, 0.05) is 22.8 Å². The van der Waals surface area contributed by atoms with E-state index >= 15 is 0 Å². The van der Waals surface area contributed by atoms with E-state index in [1.165, 1.54) is 30.5 Å². The summed E-state index contributed by atoms with van der Waals surface area (Å²) in [6.07, 6.45) is 1.46. The predicted molar refractivity (Wildman–Crippen MR) is 114 cm³/mol. The van der Waals surface area contributed by atoms with Crippen LogP contribution in [-0.4, -0.2) is 21.6 Å². The highest BCUT2D eigenvalue weighted by Crippen LogP contribution is 2.33. The number of hydrogen-bond acceptors (Lipinski definition) is 6. The molecule has 156 valence electrons. The van der Waals surface area contributed by atoms with Crippen LogP contribution in [0.15, 0.2) is 71.0 Å². The first kappa shape index (κ1) is 20.4.